The molecule has 4 atom stereocenters. The van der Waals surface area contributed by atoms with Crippen LogP contribution in [0.15, 0.2) is 34.7 Å². The number of aliphatic hydroxyl groups is 1. The van der Waals surface area contributed by atoms with Crippen LogP contribution in [0.1, 0.15) is 33.4 Å². The summed E-state index contributed by atoms with van der Waals surface area (Å²) in [6.45, 7) is 8.17. The minimum absolute atomic E-state index is 0.0254. The van der Waals surface area contributed by atoms with Gasteiger partial charge in [-0.25, -0.2) is 0 Å². The first kappa shape index (κ1) is 17.0. The molecular weight excluding hydrogens is 356 g/mol. The van der Waals surface area contributed by atoms with E-state index in [1.807, 2.05) is 13.8 Å². The van der Waals surface area contributed by atoms with Gasteiger partial charge in [0.2, 0.25) is 0 Å². The second-order valence-corrected chi connectivity index (χ2v) is 8.81. The summed E-state index contributed by atoms with van der Waals surface area (Å²) in [5, 5.41) is 15.4. The molecule has 0 spiro atoms. The molecule has 2 aromatic rings. The largest absolute Gasteiger partial charge is 0.511 e. The Morgan fingerprint density at radius 3 is 2.33 bits per heavy atom. The van der Waals surface area contributed by atoms with Gasteiger partial charge in [-0.15, -0.1) is 0 Å². The molecule has 0 amide bonds. The molecule has 0 saturated carbocycles. The number of carbonyl (C=O) groups excluding carboxylic acids is 1. The van der Waals surface area contributed by atoms with Gasteiger partial charge in [-0.1, -0.05) is 17.7 Å². The fraction of sp³-hybridized carbons (Fsp3) is 0.348. The van der Waals surface area contributed by atoms with Crippen LogP contribution in [-0.2, 0) is 9.53 Å². The van der Waals surface area contributed by atoms with Crippen molar-refractivity contribution in [3.8, 4) is 0 Å². The lowest BCUT2D eigenvalue weighted by Gasteiger charge is -2.21. The van der Waals surface area contributed by atoms with Crippen molar-refractivity contribution in [1.29, 1.82) is 0 Å². The minimum Gasteiger partial charge on any atom is -0.511 e. The maximum absolute atomic E-state index is 13.3. The summed E-state index contributed by atoms with van der Waals surface area (Å²) in [5.74, 6) is -0.326. The van der Waals surface area contributed by atoms with Gasteiger partial charge in [-0.2, -0.15) is 11.3 Å². The number of ether oxygens (including phenoxy) is 1. The molecule has 1 saturated heterocycles. The number of ketones is 1. The summed E-state index contributed by atoms with van der Waals surface area (Å²) in [7, 11) is 0. The normalized spacial score (nSPS) is 28.9. The second kappa shape index (κ2) is 5.66. The monoisotopic (exact) mass is 378 g/mol. The van der Waals surface area contributed by atoms with Gasteiger partial charge in [0.25, 0.3) is 0 Å². The van der Waals surface area contributed by atoms with Crippen LogP contribution in [0.2, 0.25) is 0 Å². The Bertz CT molecular complexity index is 1030. The Balaban J connectivity index is 1.62. The summed E-state index contributed by atoms with van der Waals surface area (Å²) in [6, 6.07) is 4.15. The number of rotatable bonds is 2. The average Bonchev–Trinajstić information content (AvgIpc) is 3.33. The van der Waals surface area contributed by atoms with E-state index >= 15 is 0 Å². The van der Waals surface area contributed by atoms with Gasteiger partial charge in [0.05, 0.1) is 29.6 Å². The van der Waals surface area contributed by atoms with Crippen LogP contribution in [0.4, 0.5) is 0 Å². The molecule has 3 heterocycles. The smallest absolute Gasteiger partial charge is 0.173 e. The van der Waals surface area contributed by atoms with Crippen LogP contribution >= 0.6 is 11.3 Å². The molecule has 3 nitrogen and oxygen atoms in total. The Morgan fingerprint density at radius 2 is 1.70 bits per heavy atom. The molecule has 1 aliphatic carbocycles. The number of allylic oxidation sites excluding steroid dienone is 1. The van der Waals surface area contributed by atoms with Crippen molar-refractivity contribution in [3.05, 3.63) is 68.1 Å². The highest BCUT2D eigenvalue weighted by Gasteiger charge is 2.59. The maximum atomic E-state index is 13.3. The van der Waals surface area contributed by atoms with E-state index in [0.29, 0.717) is 5.57 Å². The number of hydrogen-bond donors (Lipinski definition) is 1. The first-order valence-corrected chi connectivity index (χ1v) is 10.3. The topological polar surface area (TPSA) is 46.5 Å². The number of benzene rings is 1. The van der Waals surface area contributed by atoms with Gasteiger partial charge in [-0.3, -0.25) is 4.79 Å². The third-order valence-corrected chi connectivity index (χ3v) is 7.10. The first-order valence-electron chi connectivity index (χ1n) is 9.34. The number of Topliss-reactive ketones (excluding diaryl/α,β-unsaturated/α-hetero) is 1. The quantitative estimate of drug-likeness (QED) is 0.806. The standard InChI is InChI=1S/C23H22O3S/c1-10-5-11(2)17(12(3)6-10)19-21(24)18-16-7-14(15-9-27-8-13(15)4)23(26-16)20(18)22(19)25/h5-9,16,18,20,23,25H,1-4H3/t16-,18-,20+,23?/m0/s1. The molecule has 1 aromatic heterocycles. The van der Waals surface area contributed by atoms with Gasteiger partial charge in [0.1, 0.15) is 5.76 Å². The number of hydrogen-bond acceptors (Lipinski definition) is 4. The van der Waals surface area contributed by atoms with Gasteiger partial charge < -0.3 is 9.84 Å². The average molecular weight is 378 g/mol. The lowest BCUT2D eigenvalue weighted by molar-refractivity contribution is -0.118. The van der Waals surface area contributed by atoms with Crippen LogP contribution in [0, 0.1) is 39.5 Å². The highest BCUT2D eigenvalue weighted by molar-refractivity contribution is 7.08. The molecule has 138 valence electrons. The third-order valence-electron chi connectivity index (χ3n) is 6.24. The van der Waals surface area contributed by atoms with Crippen LogP contribution < -0.4 is 0 Å². The molecule has 1 N–H and O–H groups in total. The predicted octanol–water partition coefficient (Wildman–Crippen LogP) is 4.93. The summed E-state index contributed by atoms with van der Waals surface area (Å²) in [6.07, 6.45) is 1.62. The van der Waals surface area contributed by atoms with Gasteiger partial charge in [0, 0.05) is 0 Å². The number of aryl methyl sites for hydroxylation is 4. The minimum atomic E-state index is -0.298. The van der Waals surface area contributed by atoms with Gasteiger partial charge in [0.15, 0.2) is 5.78 Å². The summed E-state index contributed by atoms with van der Waals surface area (Å²) >= 11 is 1.67. The summed E-state index contributed by atoms with van der Waals surface area (Å²) in [4.78, 5) is 13.3. The zero-order valence-electron chi connectivity index (χ0n) is 15.9. The fourth-order valence-electron chi connectivity index (χ4n) is 5.22. The van der Waals surface area contributed by atoms with Crippen LogP contribution in [0.5, 0.6) is 0 Å². The lowest BCUT2D eigenvalue weighted by atomic mass is 9.78. The molecular formula is C23H22O3S. The summed E-state index contributed by atoms with van der Waals surface area (Å²) < 4.78 is 6.13. The molecule has 27 heavy (non-hydrogen) atoms. The van der Waals surface area contributed by atoms with E-state index in [1.54, 1.807) is 11.3 Å². The van der Waals surface area contributed by atoms with E-state index in [-0.39, 0.29) is 35.6 Å². The van der Waals surface area contributed by atoms with Crippen molar-refractivity contribution < 1.29 is 14.6 Å². The molecule has 3 aliphatic rings. The van der Waals surface area contributed by atoms with E-state index in [9.17, 15) is 9.90 Å². The first-order chi connectivity index (χ1) is 12.9. The number of fused-ring (bicyclic) bond motifs is 5. The molecule has 4 heteroatoms. The molecule has 5 rings (SSSR count). The van der Waals surface area contributed by atoms with Crippen molar-refractivity contribution in [3.63, 3.8) is 0 Å². The molecule has 1 unspecified atom stereocenters. The van der Waals surface area contributed by atoms with Crippen molar-refractivity contribution in [2.75, 3.05) is 0 Å². The number of carbonyl (C=O) groups is 1. The molecule has 1 fully saturated rings. The Kier molecular flexibility index (Phi) is 3.56. The van der Waals surface area contributed by atoms with Crippen LogP contribution in [-0.4, -0.2) is 23.1 Å². The maximum Gasteiger partial charge on any atom is 0.173 e. The SMILES string of the molecule is Cc1cc(C)c(C2=C(O)[C@@H]3C4O[C@@H](C=C4c4cscc4C)[C@@H]3C2=O)c(C)c1. The number of aliphatic hydroxyl groups excluding tert-OH is 1. The number of thiophene rings is 1. The Morgan fingerprint density at radius 1 is 1.00 bits per heavy atom. The highest BCUT2D eigenvalue weighted by Crippen LogP contribution is 2.56. The van der Waals surface area contributed by atoms with E-state index in [2.05, 4.69) is 42.8 Å². The van der Waals surface area contributed by atoms with Crippen molar-refractivity contribution in [2.24, 2.45) is 11.8 Å². The van der Waals surface area contributed by atoms with E-state index in [0.717, 1.165) is 22.3 Å². The zero-order valence-corrected chi connectivity index (χ0v) is 16.7. The van der Waals surface area contributed by atoms with Crippen molar-refractivity contribution in [1.82, 2.24) is 0 Å². The fourth-order valence-corrected chi connectivity index (χ4v) is 6.08. The zero-order chi connectivity index (χ0) is 19.0. The van der Waals surface area contributed by atoms with Crippen molar-refractivity contribution >= 4 is 28.3 Å². The lowest BCUT2D eigenvalue weighted by Crippen LogP contribution is -2.28. The predicted molar refractivity (Wildman–Crippen MR) is 108 cm³/mol. The van der Waals surface area contributed by atoms with Crippen molar-refractivity contribution in [2.45, 2.75) is 39.9 Å². The van der Waals surface area contributed by atoms with E-state index in [4.69, 9.17) is 4.74 Å². The molecule has 1 aromatic carbocycles. The Hall–Kier alpha value is -2.17. The van der Waals surface area contributed by atoms with Gasteiger partial charge >= 0.3 is 0 Å². The van der Waals surface area contributed by atoms with E-state index in [1.165, 1.54) is 16.7 Å². The molecule has 2 aliphatic heterocycles. The Labute approximate surface area is 163 Å². The van der Waals surface area contributed by atoms with Gasteiger partial charge in [-0.05, 0) is 77.9 Å². The van der Waals surface area contributed by atoms with Crippen LogP contribution in [0.25, 0.3) is 11.1 Å². The molecule has 0 radical (unpaired) electrons. The molecule has 2 bridgehead atoms. The van der Waals surface area contributed by atoms with E-state index < -0.39 is 0 Å². The second-order valence-electron chi connectivity index (χ2n) is 8.06. The highest BCUT2D eigenvalue weighted by atomic mass is 32.1. The van der Waals surface area contributed by atoms with Crippen LogP contribution in [0.3, 0.4) is 0 Å². The summed E-state index contributed by atoms with van der Waals surface area (Å²) in [5.41, 5.74) is 8.17. The third kappa shape index (κ3) is 2.20.